The average Bonchev–Trinajstić information content (AvgIpc) is 3.11. The van der Waals surface area contributed by atoms with Crippen LogP contribution in [0.4, 0.5) is 5.69 Å². The highest BCUT2D eigenvalue weighted by atomic mass is 16.7. The summed E-state index contributed by atoms with van der Waals surface area (Å²) in [5, 5.41) is 8.55. The topological polar surface area (TPSA) is 113 Å². The van der Waals surface area contributed by atoms with Gasteiger partial charge < -0.3 is 29.4 Å². The van der Waals surface area contributed by atoms with E-state index in [0.29, 0.717) is 45.0 Å². The zero-order chi connectivity index (χ0) is 33.1. The molecule has 2 amide bonds. The number of anilines is 1. The summed E-state index contributed by atoms with van der Waals surface area (Å²) in [5.41, 5.74) is 10.2. The molecule has 0 radical (unpaired) electrons. The molecule has 2 N–H and O–H groups in total. The van der Waals surface area contributed by atoms with Gasteiger partial charge in [-0.3, -0.25) is 15.0 Å². The van der Waals surface area contributed by atoms with Gasteiger partial charge in [0.05, 0.1) is 17.7 Å². The lowest BCUT2D eigenvalue weighted by Gasteiger charge is -2.40. The van der Waals surface area contributed by atoms with Crippen LogP contribution < -0.4 is 10.7 Å². The van der Waals surface area contributed by atoms with E-state index in [9.17, 15) is 14.4 Å². The van der Waals surface area contributed by atoms with Gasteiger partial charge in [-0.25, -0.2) is 0 Å². The monoisotopic (exact) mass is 637 g/mol. The van der Waals surface area contributed by atoms with Crippen molar-refractivity contribution >= 4 is 29.5 Å². The van der Waals surface area contributed by atoms with E-state index in [-0.39, 0.29) is 29.7 Å². The number of carbonyl (C=O) groups excluding carboxylic acids is 3. The Labute approximate surface area is 276 Å². The first-order valence-corrected chi connectivity index (χ1v) is 16.5. The molecule has 3 aliphatic heterocycles. The molecule has 3 atom stereocenters. The molecule has 47 heavy (non-hydrogen) atoms. The molecule has 3 aliphatic rings. The predicted octanol–water partition coefficient (Wildman–Crippen LogP) is 5.20. The van der Waals surface area contributed by atoms with Crippen molar-refractivity contribution in [2.45, 2.75) is 52.0 Å². The molecule has 3 aromatic carbocycles. The van der Waals surface area contributed by atoms with Gasteiger partial charge in [0.1, 0.15) is 12.3 Å². The minimum absolute atomic E-state index is 0.0432. The lowest BCUT2D eigenvalue weighted by atomic mass is 9.75. The molecule has 0 bridgehead atoms. The molecule has 10 heteroatoms. The van der Waals surface area contributed by atoms with Crippen LogP contribution in [-0.2, 0) is 19.1 Å². The summed E-state index contributed by atoms with van der Waals surface area (Å²) in [4.78, 5) is 41.5. The summed E-state index contributed by atoms with van der Waals surface area (Å²) in [6.45, 7) is 10.9. The number of hydrazone groups is 1. The van der Waals surface area contributed by atoms with Crippen LogP contribution in [0.5, 0.6) is 0 Å². The minimum atomic E-state index is -0.530. The van der Waals surface area contributed by atoms with Crippen LogP contribution in [0.1, 0.15) is 90.2 Å². The molecule has 0 aliphatic carbocycles. The number of hydrogen-bond acceptors (Lipinski definition) is 8. The Morgan fingerprint density at radius 3 is 2.15 bits per heavy atom. The normalized spacial score (nSPS) is 20.3. The van der Waals surface area contributed by atoms with Crippen molar-refractivity contribution in [1.29, 1.82) is 0 Å². The van der Waals surface area contributed by atoms with Gasteiger partial charge in [0.15, 0.2) is 6.29 Å². The molecule has 3 unspecified atom stereocenters. The summed E-state index contributed by atoms with van der Waals surface area (Å²) in [7, 11) is 0. The molecule has 3 heterocycles. The maximum atomic E-state index is 13.5. The highest BCUT2D eigenvalue weighted by molar-refractivity contribution is 6.13. The Hall–Kier alpha value is -4.54. The first-order valence-electron chi connectivity index (χ1n) is 16.5. The van der Waals surface area contributed by atoms with Crippen molar-refractivity contribution in [2.24, 2.45) is 11.0 Å². The Morgan fingerprint density at radius 1 is 0.894 bits per heavy atom. The van der Waals surface area contributed by atoms with Crippen LogP contribution in [0.25, 0.3) is 0 Å². The second-order valence-corrected chi connectivity index (χ2v) is 12.4. The van der Waals surface area contributed by atoms with E-state index in [4.69, 9.17) is 14.6 Å². The smallest absolute Gasteiger partial charge is 0.253 e. The molecule has 1 fully saturated rings. The summed E-state index contributed by atoms with van der Waals surface area (Å²) >= 11 is 0. The van der Waals surface area contributed by atoms with Crippen LogP contribution in [0.15, 0.2) is 71.8 Å². The molecule has 0 spiro atoms. The van der Waals surface area contributed by atoms with Crippen molar-refractivity contribution in [3.63, 3.8) is 0 Å². The number of rotatable bonds is 10. The SMILES string of the molecule is CCOC(OCC)c1ccc(C2Nc3cccc4c3C(=NNC4C=O)C2c2ccc(C(=O)N3CCN(C(=O)C(C)C)CC3)cc2)cc1. The zero-order valence-electron chi connectivity index (χ0n) is 27.4. The fraction of sp³-hybridized carbons (Fsp3) is 0.405. The van der Waals surface area contributed by atoms with E-state index >= 15 is 0 Å². The molecule has 10 nitrogen and oxygen atoms in total. The third-order valence-electron chi connectivity index (χ3n) is 9.18. The number of nitrogens with zero attached hydrogens (tertiary/aromatic N) is 3. The third kappa shape index (κ3) is 6.40. The quantitative estimate of drug-likeness (QED) is 0.232. The second-order valence-electron chi connectivity index (χ2n) is 12.4. The van der Waals surface area contributed by atoms with Gasteiger partial charge in [0, 0.05) is 67.7 Å². The van der Waals surface area contributed by atoms with E-state index in [1.807, 2.05) is 92.1 Å². The summed E-state index contributed by atoms with van der Waals surface area (Å²) in [5.74, 6) is -0.198. The molecule has 1 saturated heterocycles. The average molecular weight is 638 g/mol. The maximum absolute atomic E-state index is 13.5. The van der Waals surface area contributed by atoms with Gasteiger partial charge in [-0.1, -0.05) is 62.4 Å². The van der Waals surface area contributed by atoms with Crippen LogP contribution in [0.3, 0.4) is 0 Å². The predicted molar refractivity (Wildman–Crippen MR) is 180 cm³/mol. The van der Waals surface area contributed by atoms with E-state index in [2.05, 4.69) is 22.9 Å². The lowest BCUT2D eigenvalue weighted by Crippen LogP contribution is -2.51. The lowest BCUT2D eigenvalue weighted by molar-refractivity contribution is -0.140. The van der Waals surface area contributed by atoms with E-state index in [0.717, 1.165) is 45.5 Å². The first-order chi connectivity index (χ1) is 22.8. The Kier molecular flexibility index (Phi) is 9.70. The van der Waals surface area contributed by atoms with Gasteiger partial charge in [-0.2, -0.15) is 5.10 Å². The second kappa shape index (κ2) is 14.1. The van der Waals surface area contributed by atoms with Crippen LogP contribution in [0, 0.1) is 5.92 Å². The number of carbonyl (C=O) groups is 3. The number of hydrogen-bond donors (Lipinski definition) is 2. The van der Waals surface area contributed by atoms with Gasteiger partial charge in [-0.05, 0) is 48.7 Å². The first kappa shape index (κ1) is 32.4. The highest BCUT2D eigenvalue weighted by Crippen LogP contribution is 2.46. The summed E-state index contributed by atoms with van der Waals surface area (Å²) < 4.78 is 11.6. The van der Waals surface area contributed by atoms with Crippen LogP contribution in [-0.4, -0.2) is 73.0 Å². The van der Waals surface area contributed by atoms with Crippen LogP contribution in [0.2, 0.25) is 0 Å². The molecule has 3 aromatic rings. The van der Waals surface area contributed by atoms with Gasteiger partial charge >= 0.3 is 0 Å². The van der Waals surface area contributed by atoms with E-state index in [1.54, 1.807) is 0 Å². The highest BCUT2D eigenvalue weighted by Gasteiger charge is 2.40. The molecule has 6 rings (SSSR count). The molecular weight excluding hydrogens is 594 g/mol. The fourth-order valence-corrected chi connectivity index (χ4v) is 6.78. The van der Waals surface area contributed by atoms with E-state index < -0.39 is 12.3 Å². The van der Waals surface area contributed by atoms with Crippen LogP contribution >= 0.6 is 0 Å². The maximum Gasteiger partial charge on any atom is 0.253 e. The number of piperazine rings is 1. The van der Waals surface area contributed by atoms with Gasteiger partial charge in [0.25, 0.3) is 5.91 Å². The van der Waals surface area contributed by atoms with Crippen molar-refractivity contribution in [3.05, 3.63) is 100 Å². The molecular formula is C37H43N5O5. The van der Waals surface area contributed by atoms with Crippen molar-refractivity contribution in [3.8, 4) is 0 Å². The van der Waals surface area contributed by atoms with Gasteiger partial charge in [0.2, 0.25) is 5.91 Å². The number of nitrogens with one attached hydrogen (secondary N) is 2. The number of ether oxygens (including phenoxy) is 2. The summed E-state index contributed by atoms with van der Waals surface area (Å²) in [6, 6.07) is 21.2. The Morgan fingerprint density at radius 2 is 1.53 bits per heavy atom. The number of benzene rings is 3. The van der Waals surface area contributed by atoms with E-state index in [1.165, 1.54) is 0 Å². The molecule has 0 aromatic heterocycles. The Bertz CT molecular complexity index is 1620. The largest absolute Gasteiger partial charge is 0.377 e. The third-order valence-corrected chi connectivity index (χ3v) is 9.18. The standard InChI is InChI=1S/C37H43N5O5/c1-5-46-37(47-6-2)27-16-12-25(13-17-27)33-31(34-32-28(30(22-43)39-40-34)8-7-9-29(32)38-33)24-10-14-26(15-11-24)36(45)42-20-18-41(19-21-42)35(44)23(3)4/h7-17,22-23,30-31,33,37-39H,5-6,18-21H2,1-4H3. The zero-order valence-corrected chi connectivity index (χ0v) is 27.4. The minimum Gasteiger partial charge on any atom is -0.377 e. The van der Waals surface area contributed by atoms with Crippen molar-refractivity contribution < 1.29 is 23.9 Å². The summed E-state index contributed by atoms with van der Waals surface area (Å²) in [6.07, 6.45) is 0.440. The van der Waals surface area contributed by atoms with Crippen molar-refractivity contribution in [1.82, 2.24) is 15.2 Å². The number of amides is 2. The fourth-order valence-electron chi connectivity index (χ4n) is 6.78. The number of aldehydes is 1. The Balaban J connectivity index is 1.31. The van der Waals surface area contributed by atoms with Gasteiger partial charge in [-0.15, -0.1) is 0 Å². The molecule has 0 saturated carbocycles. The molecule has 246 valence electrons. The van der Waals surface area contributed by atoms with Crippen molar-refractivity contribution in [2.75, 3.05) is 44.7 Å².